The van der Waals surface area contributed by atoms with E-state index in [0.717, 1.165) is 11.1 Å². The second-order valence-corrected chi connectivity index (χ2v) is 7.00. The first-order chi connectivity index (χ1) is 11.7. The molecule has 6 nitrogen and oxygen atoms in total. The summed E-state index contributed by atoms with van der Waals surface area (Å²) in [6.07, 6.45) is 5.46. The zero-order valence-electron chi connectivity index (χ0n) is 14.8. The first kappa shape index (κ1) is 18.7. The predicted octanol–water partition coefficient (Wildman–Crippen LogP) is 3.95. The first-order valence-corrected chi connectivity index (χ1v) is 8.27. The number of rotatable bonds is 6. The van der Waals surface area contributed by atoms with E-state index in [0.29, 0.717) is 12.8 Å². The summed E-state index contributed by atoms with van der Waals surface area (Å²) in [5.41, 5.74) is 5.24. The van der Waals surface area contributed by atoms with Crippen molar-refractivity contribution in [3.8, 4) is 0 Å². The molecule has 0 saturated carbocycles. The van der Waals surface area contributed by atoms with Gasteiger partial charge in [0.05, 0.1) is 5.41 Å². The first-order valence-electron chi connectivity index (χ1n) is 8.27. The highest BCUT2D eigenvalue weighted by Crippen LogP contribution is 2.44. The number of nitrogens with zero attached hydrogens (tertiary/aromatic N) is 1. The molecule has 0 fully saturated rings. The lowest BCUT2D eigenvalue weighted by Crippen LogP contribution is -2.45. The molecule has 0 aromatic heterocycles. The van der Waals surface area contributed by atoms with Crippen LogP contribution in [-0.2, 0) is 4.74 Å². The summed E-state index contributed by atoms with van der Waals surface area (Å²) in [6.45, 7) is 5.34. The van der Waals surface area contributed by atoms with E-state index in [9.17, 15) is 14.9 Å². The Balaban J connectivity index is 2.39. The van der Waals surface area contributed by atoms with Gasteiger partial charge in [0.1, 0.15) is 5.60 Å². The molecule has 0 heterocycles. The molecule has 25 heavy (non-hydrogen) atoms. The molecule has 0 bridgehead atoms. The molecule has 6 heteroatoms. The minimum atomic E-state index is -0.909. The molecule has 2 atom stereocenters. The van der Waals surface area contributed by atoms with E-state index < -0.39 is 23.2 Å². The van der Waals surface area contributed by atoms with Crippen LogP contribution in [0.5, 0.6) is 0 Å². The Morgan fingerprint density at radius 1 is 1.36 bits per heavy atom. The van der Waals surface area contributed by atoms with Gasteiger partial charge in [-0.25, -0.2) is 4.79 Å². The van der Waals surface area contributed by atoms with Crippen molar-refractivity contribution in [3.05, 3.63) is 64.2 Å². The highest BCUT2D eigenvalue weighted by molar-refractivity contribution is 5.75. The molecule has 1 aliphatic rings. The van der Waals surface area contributed by atoms with Crippen LogP contribution in [0.3, 0.4) is 0 Å². The van der Waals surface area contributed by atoms with Gasteiger partial charge >= 0.3 is 6.09 Å². The molecule has 1 aromatic carbocycles. The number of ether oxygens (including phenoxy) is 1. The van der Waals surface area contributed by atoms with E-state index in [-0.39, 0.29) is 4.92 Å². The fourth-order valence-electron chi connectivity index (χ4n) is 3.56. The summed E-state index contributed by atoms with van der Waals surface area (Å²) in [6, 6.07) is 8.64. The van der Waals surface area contributed by atoms with Gasteiger partial charge in [0, 0.05) is 11.3 Å². The molecule has 1 aliphatic carbocycles. The molecule has 2 rings (SSSR count). The number of nitrogens with two attached hydrogens (primary N) is 1. The SMILES string of the molecule is CCC1(CC(C)(C)OC(N)=O)C=CC(c2ccccc2)=CC1[N+](=O)[O-]. The topological polar surface area (TPSA) is 95.5 Å². The van der Waals surface area contributed by atoms with Gasteiger partial charge in [0.15, 0.2) is 0 Å². The second-order valence-electron chi connectivity index (χ2n) is 7.00. The van der Waals surface area contributed by atoms with Gasteiger partial charge in [-0.1, -0.05) is 49.4 Å². The third-order valence-corrected chi connectivity index (χ3v) is 4.65. The molecular formula is C19H24N2O4. The van der Waals surface area contributed by atoms with Crippen molar-refractivity contribution >= 4 is 11.7 Å². The van der Waals surface area contributed by atoms with Crippen molar-refractivity contribution in [1.82, 2.24) is 0 Å². The molecule has 2 unspecified atom stereocenters. The Kier molecular flexibility index (Phi) is 5.30. The molecule has 0 spiro atoms. The summed E-state index contributed by atoms with van der Waals surface area (Å²) in [5.74, 6) is 0. The van der Waals surface area contributed by atoms with E-state index in [1.165, 1.54) is 0 Å². The molecule has 134 valence electrons. The number of primary amides is 1. The minimum absolute atomic E-state index is 0.268. The largest absolute Gasteiger partial charge is 0.444 e. The van der Waals surface area contributed by atoms with Crippen LogP contribution < -0.4 is 5.73 Å². The average molecular weight is 344 g/mol. The lowest BCUT2D eigenvalue weighted by atomic mass is 9.68. The highest BCUT2D eigenvalue weighted by Gasteiger charge is 2.48. The number of nitro groups is 1. The average Bonchev–Trinajstić information content (AvgIpc) is 2.54. The molecule has 0 saturated heterocycles. The molecule has 2 N–H and O–H groups in total. The van der Waals surface area contributed by atoms with Crippen molar-refractivity contribution in [2.45, 2.75) is 45.3 Å². The maximum absolute atomic E-state index is 11.8. The zero-order chi connectivity index (χ0) is 18.7. The fraction of sp³-hybridized carbons (Fsp3) is 0.421. The Morgan fingerprint density at radius 3 is 2.52 bits per heavy atom. The van der Waals surface area contributed by atoms with Crippen molar-refractivity contribution in [1.29, 1.82) is 0 Å². The summed E-state index contributed by atoms with van der Waals surface area (Å²) in [4.78, 5) is 22.7. The Labute approximate surface area is 147 Å². The van der Waals surface area contributed by atoms with E-state index in [1.54, 1.807) is 19.9 Å². The van der Waals surface area contributed by atoms with Crippen LogP contribution in [-0.4, -0.2) is 22.7 Å². The smallest absolute Gasteiger partial charge is 0.405 e. The van der Waals surface area contributed by atoms with E-state index >= 15 is 0 Å². The number of carbonyl (C=O) groups excluding carboxylic acids is 1. The van der Waals surface area contributed by atoms with Gasteiger partial charge in [0.2, 0.25) is 6.04 Å². The van der Waals surface area contributed by atoms with Crippen LogP contribution in [0.4, 0.5) is 4.79 Å². The van der Waals surface area contributed by atoms with Gasteiger partial charge < -0.3 is 10.5 Å². The number of amides is 1. The van der Waals surface area contributed by atoms with Gasteiger partial charge in [0.25, 0.3) is 0 Å². The standard InChI is InChI=1S/C19H24N2O4/c1-4-19(13-18(2,3)25-17(20)22)11-10-15(12-16(19)21(23)24)14-8-6-5-7-9-14/h5-12,16H,4,13H2,1-3H3,(H2,20,22). The number of hydrogen-bond acceptors (Lipinski definition) is 4. The summed E-state index contributed by atoms with van der Waals surface area (Å²) < 4.78 is 5.17. The second kappa shape index (κ2) is 7.09. The summed E-state index contributed by atoms with van der Waals surface area (Å²) >= 11 is 0. The van der Waals surface area contributed by atoms with Crippen molar-refractivity contribution in [2.24, 2.45) is 11.1 Å². The van der Waals surface area contributed by atoms with Crippen LogP contribution >= 0.6 is 0 Å². The lowest BCUT2D eigenvalue weighted by Gasteiger charge is -2.39. The monoisotopic (exact) mass is 344 g/mol. The maximum Gasteiger partial charge on any atom is 0.405 e. The maximum atomic E-state index is 11.8. The molecule has 0 radical (unpaired) electrons. The molecule has 1 aromatic rings. The molecule has 1 amide bonds. The van der Waals surface area contributed by atoms with Crippen molar-refractivity contribution < 1.29 is 14.5 Å². The third-order valence-electron chi connectivity index (χ3n) is 4.65. The van der Waals surface area contributed by atoms with Crippen molar-refractivity contribution in [2.75, 3.05) is 0 Å². The van der Waals surface area contributed by atoms with Crippen LogP contribution in [0.25, 0.3) is 5.57 Å². The Bertz CT molecular complexity index is 709. The Hall–Kier alpha value is -2.63. The van der Waals surface area contributed by atoms with Crippen LogP contribution in [0.15, 0.2) is 48.6 Å². The number of hydrogen-bond donors (Lipinski definition) is 1. The van der Waals surface area contributed by atoms with E-state index in [4.69, 9.17) is 10.5 Å². The van der Waals surface area contributed by atoms with Gasteiger partial charge in [-0.2, -0.15) is 0 Å². The number of carbonyl (C=O) groups is 1. The van der Waals surface area contributed by atoms with Crippen LogP contribution in [0.2, 0.25) is 0 Å². The van der Waals surface area contributed by atoms with Crippen molar-refractivity contribution in [3.63, 3.8) is 0 Å². The quantitative estimate of drug-likeness (QED) is 0.624. The van der Waals surface area contributed by atoms with Crippen LogP contribution in [0.1, 0.15) is 39.2 Å². The summed E-state index contributed by atoms with van der Waals surface area (Å²) in [7, 11) is 0. The number of benzene rings is 1. The molecular weight excluding hydrogens is 320 g/mol. The highest BCUT2D eigenvalue weighted by atomic mass is 16.6. The van der Waals surface area contributed by atoms with E-state index in [1.807, 2.05) is 49.4 Å². The Morgan fingerprint density at radius 2 is 2.00 bits per heavy atom. The number of allylic oxidation sites excluding steroid dienone is 2. The van der Waals surface area contributed by atoms with Gasteiger partial charge in [-0.05, 0) is 37.5 Å². The normalized spacial score (nSPS) is 23.0. The summed E-state index contributed by atoms with van der Waals surface area (Å²) in [5, 5.41) is 11.8. The molecule has 0 aliphatic heterocycles. The van der Waals surface area contributed by atoms with Gasteiger partial charge in [-0.3, -0.25) is 10.1 Å². The van der Waals surface area contributed by atoms with Crippen LogP contribution in [0, 0.1) is 15.5 Å². The lowest BCUT2D eigenvalue weighted by molar-refractivity contribution is -0.527. The predicted molar refractivity (Wildman–Crippen MR) is 96.4 cm³/mol. The van der Waals surface area contributed by atoms with E-state index in [2.05, 4.69) is 0 Å². The van der Waals surface area contributed by atoms with Gasteiger partial charge in [-0.15, -0.1) is 0 Å². The zero-order valence-corrected chi connectivity index (χ0v) is 14.8. The minimum Gasteiger partial charge on any atom is -0.444 e. The third kappa shape index (κ3) is 4.26. The fourth-order valence-corrected chi connectivity index (χ4v) is 3.56.